The molecule has 2 aromatic rings. The first kappa shape index (κ1) is 20.9. The van der Waals surface area contributed by atoms with Crippen molar-refractivity contribution in [3.05, 3.63) is 47.3 Å². The minimum absolute atomic E-state index is 0.0510. The van der Waals surface area contributed by atoms with E-state index in [2.05, 4.69) is 15.2 Å². The number of benzene rings is 1. The third-order valence-electron chi connectivity index (χ3n) is 5.07. The fraction of sp³-hybridized carbons (Fsp3) is 0.429. The molecule has 1 atom stereocenters. The van der Waals surface area contributed by atoms with Gasteiger partial charge in [0.1, 0.15) is 5.69 Å². The van der Waals surface area contributed by atoms with Crippen LogP contribution in [0.25, 0.3) is 0 Å². The maximum absolute atomic E-state index is 12.6. The smallest absolute Gasteiger partial charge is 0.267 e. The third kappa shape index (κ3) is 4.96. The highest BCUT2D eigenvalue weighted by molar-refractivity contribution is 5.99. The molecule has 1 aromatic heterocycles. The Morgan fingerprint density at radius 1 is 1.17 bits per heavy atom. The number of aromatic nitrogens is 1. The van der Waals surface area contributed by atoms with Crippen molar-refractivity contribution in [2.24, 2.45) is 0 Å². The second-order valence-corrected chi connectivity index (χ2v) is 6.85. The van der Waals surface area contributed by atoms with Gasteiger partial charge in [-0.05, 0) is 30.7 Å². The molecule has 1 fully saturated rings. The molecule has 8 heteroatoms. The van der Waals surface area contributed by atoms with Gasteiger partial charge in [0.15, 0.2) is 17.3 Å². The molecule has 0 aliphatic carbocycles. The molecule has 1 aliphatic heterocycles. The highest BCUT2D eigenvalue weighted by Crippen LogP contribution is 2.32. The Hall–Kier alpha value is -2.84. The molecule has 2 N–H and O–H groups in total. The van der Waals surface area contributed by atoms with E-state index in [-0.39, 0.29) is 17.7 Å². The molecule has 1 amide bonds. The van der Waals surface area contributed by atoms with E-state index < -0.39 is 0 Å². The summed E-state index contributed by atoms with van der Waals surface area (Å²) in [6.07, 6.45) is 1.55. The molecule has 156 valence electrons. The van der Waals surface area contributed by atoms with Crippen molar-refractivity contribution < 1.29 is 23.8 Å². The molecule has 8 nitrogen and oxygen atoms in total. The van der Waals surface area contributed by atoms with E-state index in [1.165, 1.54) is 6.92 Å². The van der Waals surface area contributed by atoms with Gasteiger partial charge < -0.3 is 24.5 Å². The van der Waals surface area contributed by atoms with Crippen LogP contribution in [0.5, 0.6) is 11.5 Å². The summed E-state index contributed by atoms with van der Waals surface area (Å²) < 4.78 is 16.3. The van der Waals surface area contributed by atoms with Gasteiger partial charge in [0.25, 0.3) is 5.91 Å². The zero-order valence-corrected chi connectivity index (χ0v) is 17.0. The number of rotatable bonds is 8. The molecule has 0 bridgehead atoms. The topological polar surface area (TPSA) is 92.9 Å². The predicted octanol–water partition coefficient (Wildman–Crippen LogP) is 2.04. The van der Waals surface area contributed by atoms with Crippen LogP contribution >= 0.6 is 0 Å². The van der Waals surface area contributed by atoms with Crippen LogP contribution in [0.3, 0.4) is 0 Å². The van der Waals surface area contributed by atoms with E-state index in [4.69, 9.17) is 14.2 Å². The molecule has 0 radical (unpaired) electrons. The molecule has 0 saturated carbocycles. The van der Waals surface area contributed by atoms with Crippen LogP contribution in [0, 0.1) is 0 Å². The number of carbonyl (C=O) groups excluding carboxylic acids is 2. The molecule has 1 saturated heterocycles. The average Bonchev–Trinajstić information content (AvgIpc) is 3.25. The van der Waals surface area contributed by atoms with Crippen LogP contribution in [0.15, 0.2) is 30.5 Å². The summed E-state index contributed by atoms with van der Waals surface area (Å²) in [5.41, 5.74) is 1.86. The first-order valence-corrected chi connectivity index (χ1v) is 9.54. The highest BCUT2D eigenvalue weighted by Gasteiger charge is 2.25. The summed E-state index contributed by atoms with van der Waals surface area (Å²) in [4.78, 5) is 29.2. The van der Waals surface area contributed by atoms with Crippen LogP contribution in [-0.4, -0.2) is 68.6 Å². The van der Waals surface area contributed by atoms with E-state index >= 15 is 0 Å². The van der Waals surface area contributed by atoms with Crippen molar-refractivity contribution in [3.63, 3.8) is 0 Å². The number of methoxy groups -OCH3 is 2. The Morgan fingerprint density at radius 2 is 1.90 bits per heavy atom. The van der Waals surface area contributed by atoms with Crippen LogP contribution < -0.4 is 14.8 Å². The molecule has 2 heterocycles. The minimum Gasteiger partial charge on any atom is -0.493 e. The highest BCUT2D eigenvalue weighted by atomic mass is 16.5. The standard InChI is InChI=1S/C21H27N3O5/c1-14(25)16-10-17(22-12-16)21(26)23-13-18(24-6-8-29-9-7-24)15-4-5-19(27-2)20(11-15)28-3/h4-5,10-12,18,22H,6-9,13H2,1-3H3,(H,23,26). The number of carbonyl (C=O) groups is 2. The van der Waals surface area contributed by atoms with E-state index in [0.29, 0.717) is 42.5 Å². The number of ether oxygens (including phenoxy) is 3. The molecular weight excluding hydrogens is 374 g/mol. The fourth-order valence-corrected chi connectivity index (χ4v) is 3.42. The lowest BCUT2D eigenvalue weighted by Gasteiger charge is -2.35. The van der Waals surface area contributed by atoms with Gasteiger partial charge >= 0.3 is 0 Å². The predicted molar refractivity (Wildman–Crippen MR) is 108 cm³/mol. The second-order valence-electron chi connectivity index (χ2n) is 6.85. The summed E-state index contributed by atoms with van der Waals surface area (Å²) >= 11 is 0. The van der Waals surface area contributed by atoms with Gasteiger partial charge in [0.2, 0.25) is 0 Å². The van der Waals surface area contributed by atoms with E-state index in [9.17, 15) is 9.59 Å². The number of nitrogens with zero attached hydrogens (tertiary/aromatic N) is 1. The van der Waals surface area contributed by atoms with Crippen LogP contribution in [-0.2, 0) is 4.74 Å². The molecule has 1 unspecified atom stereocenters. The summed E-state index contributed by atoms with van der Waals surface area (Å²) in [7, 11) is 3.20. The Labute approximate surface area is 170 Å². The summed E-state index contributed by atoms with van der Waals surface area (Å²) in [6, 6.07) is 7.31. The second kappa shape index (κ2) is 9.58. The lowest BCUT2D eigenvalue weighted by molar-refractivity contribution is 0.0161. The number of ketones is 1. The zero-order chi connectivity index (χ0) is 20.8. The Balaban J connectivity index is 1.78. The first-order valence-electron chi connectivity index (χ1n) is 9.54. The zero-order valence-electron chi connectivity index (χ0n) is 17.0. The van der Waals surface area contributed by atoms with Crippen molar-refractivity contribution in [2.75, 3.05) is 47.1 Å². The first-order chi connectivity index (χ1) is 14.0. The Morgan fingerprint density at radius 3 is 2.52 bits per heavy atom. The van der Waals surface area contributed by atoms with E-state index in [0.717, 1.165) is 18.7 Å². The number of Topliss-reactive ketones (excluding diaryl/α,β-unsaturated/α-hetero) is 1. The van der Waals surface area contributed by atoms with Crippen molar-refractivity contribution in [1.29, 1.82) is 0 Å². The van der Waals surface area contributed by atoms with E-state index in [1.807, 2.05) is 18.2 Å². The van der Waals surface area contributed by atoms with Crippen molar-refractivity contribution in [2.45, 2.75) is 13.0 Å². The minimum atomic E-state index is -0.253. The number of H-pyrrole nitrogens is 1. The molecule has 29 heavy (non-hydrogen) atoms. The average molecular weight is 401 g/mol. The van der Waals surface area contributed by atoms with Crippen molar-refractivity contribution in [1.82, 2.24) is 15.2 Å². The van der Waals surface area contributed by atoms with Crippen molar-refractivity contribution >= 4 is 11.7 Å². The number of nitrogens with one attached hydrogen (secondary N) is 2. The fourth-order valence-electron chi connectivity index (χ4n) is 3.42. The van der Waals surface area contributed by atoms with Gasteiger partial charge in [-0.3, -0.25) is 14.5 Å². The van der Waals surface area contributed by atoms with Gasteiger partial charge in [-0.15, -0.1) is 0 Å². The normalized spacial score (nSPS) is 15.6. The van der Waals surface area contributed by atoms with Gasteiger partial charge in [0.05, 0.1) is 33.5 Å². The number of hydrogen-bond acceptors (Lipinski definition) is 6. The lowest BCUT2D eigenvalue weighted by Crippen LogP contribution is -2.43. The Kier molecular flexibility index (Phi) is 6.90. The lowest BCUT2D eigenvalue weighted by atomic mass is 10.0. The summed E-state index contributed by atoms with van der Waals surface area (Å²) in [5.74, 6) is 0.960. The summed E-state index contributed by atoms with van der Waals surface area (Å²) in [5, 5.41) is 2.98. The van der Waals surface area contributed by atoms with E-state index in [1.54, 1.807) is 26.5 Å². The SMILES string of the molecule is COc1ccc(C(CNC(=O)c2cc(C(C)=O)c[nH]2)N2CCOCC2)cc1OC. The van der Waals surface area contributed by atoms with Crippen LogP contribution in [0.1, 0.15) is 39.4 Å². The quantitative estimate of drug-likeness (QED) is 0.658. The van der Waals surface area contributed by atoms with Crippen LogP contribution in [0.2, 0.25) is 0 Å². The van der Waals surface area contributed by atoms with Gasteiger partial charge in [0, 0.05) is 31.4 Å². The molecule has 0 spiro atoms. The van der Waals surface area contributed by atoms with Gasteiger partial charge in [-0.1, -0.05) is 6.07 Å². The summed E-state index contributed by atoms with van der Waals surface area (Å²) in [6.45, 7) is 4.71. The molecule has 1 aliphatic rings. The number of amides is 1. The maximum atomic E-state index is 12.6. The number of morpholine rings is 1. The van der Waals surface area contributed by atoms with Crippen molar-refractivity contribution in [3.8, 4) is 11.5 Å². The van der Waals surface area contributed by atoms with Crippen LogP contribution in [0.4, 0.5) is 0 Å². The number of hydrogen-bond donors (Lipinski definition) is 2. The maximum Gasteiger partial charge on any atom is 0.267 e. The molecule has 1 aromatic carbocycles. The van der Waals surface area contributed by atoms with Gasteiger partial charge in [-0.25, -0.2) is 0 Å². The largest absolute Gasteiger partial charge is 0.493 e. The Bertz CT molecular complexity index is 858. The molecule has 3 rings (SSSR count). The monoisotopic (exact) mass is 401 g/mol. The van der Waals surface area contributed by atoms with Gasteiger partial charge in [-0.2, -0.15) is 0 Å². The number of aromatic amines is 1. The molecular formula is C21H27N3O5. The third-order valence-corrected chi connectivity index (χ3v) is 5.07.